The highest BCUT2D eigenvalue weighted by Gasteiger charge is 2.17. The Kier molecular flexibility index (Phi) is 4.22. The number of carbonyl (C=O) groups excluding carboxylic acids is 1. The number of nitrogens with zero attached hydrogens (tertiary/aromatic N) is 3. The van der Waals surface area contributed by atoms with E-state index in [4.69, 9.17) is 21.1 Å². The van der Waals surface area contributed by atoms with Gasteiger partial charge in [0, 0.05) is 18.3 Å². The molecule has 0 unspecified atom stereocenters. The largest absolute Gasteiger partial charge is 0.462 e. The van der Waals surface area contributed by atoms with Crippen molar-refractivity contribution >= 4 is 29.1 Å². The van der Waals surface area contributed by atoms with Crippen LogP contribution in [0.25, 0.3) is 0 Å². The first-order valence-electron chi connectivity index (χ1n) is 5.54. The molecule has 1 saturated heterocycles. The SMILES string of the molecule is CCOC(=O)c1cnc(Cl)nc1N=C1CCOC1. The van der Waals surface area contributed by atoms with Crippen molar-refractivity contribution in [2.75, 3.05) is 19.8 Å². The fourth-order valence-corrected chi connectivity index (χ4v) is 1.61. The summed E-state index contributed by atoms with van der Waals surface area (Å²) in [6, 6.07) is 0. The minimum atomic E-state index is -0.507. The van der Waals surface area contributed by atoms with Crippen molar-refractivity contribution in [1.82, 2.24) is 9.97 Å². The molecule has 0 bridgehead atoms. The number of aromatic nitrogens is 2. The highest BCUT2D eigenvalue weighted by molar-refractivity contribution is 6.28. The Morgan fingerprint density at radius 3 is 3.17 bits per heavy atom. The lowest BCUT2D eigenvalue weighted by molar-refractivity contribution is 0.0526. The van der Waals surface area contributed by atoms with Crippen LogP contribution in [0.15, 0.2) is 11.2 Å². The van der Waals surface area contributed by atoms with E-state index in [2.05, 4.69) is 15.0 Å². The van der Waals surface area contributed by atoms with Gasteiger partial charge in [0.15, 0.2) is 5.82 Å². The van der Waals surface area contributed by atoms with Gasteiger partial charge in [-0.3, -0.25) is 0 Å². The molecule has 0 aliphatic carbocycles. The Hall–Kier alpha value is -1.53. The molecule has 0 N–H and O–H groups in total. The summed E-state index contributed by atoms with van der Waals surface area (Å²) in [5.74, 6) is -0.276. The lowest BCUT2D eigenvalue weighted by Gasteiger charge is -2.04. The lowest BCUT2D eigenvalue weighted by Crippen LogP contribution is -2.07. The molecule has 7 heteroatoms. The lowest BCUT2D eigenvalue weighted by atomic mass is 10.3. The van der Waals surface area contributed by atoms with Crippen molar-refractivity contribution in [2.24, 2.45) is 4.99 Å². The number of ether oxygens (including phenoxy) is 2. The van der Waals surface area contributed by atoms with Crippen LogP contribution in [0.1, 0.15) is 23.7 Å². The fraction of sp³-hybridized carbons (Fsp3) is 0.455. The van der Waals surface area contributed by atoms with Gasteiger partial charge in [-0.15, -0.1) is 0 Å². The van der Waals surface area contributed by atoms with Gasteiger partial charge in [-0.2, -0.15) is 4.98 Å². The quantitative estimate of drug-likeness (QED) is 0.618. The van der Waals surface area contributed by atoms with Gasteiger partial charge in [-0.1, -0.05) is 0 Å². The summed E-state index contributed by atoms with van der Waals surface area (Å²) in [6.07, 6.45) is 2.05. The Labute approximate surface area is 109 Å². The monoisotopic (exact) mass is 269 g/mol. The molecule has 6 nitrogen and oxygen atoms in total. The van der Waals surface area contributed by atoms with Gasteiger partial charge in [-0.25, -0.2) is 14.8 Å². The molecular formula is C11H12ClN3O3. The number of rotatable bonds is 3. The van der Waals surface area contributed by atoms with Gasteiger partial charge in [0.2, 0.25) is 5.28 Å². The van der Waals surface area contributed by atoms with Gasteiger partial charge in [0.1, 0.15) is 5.56 Å². The predicted octanol–water partition coefficient (Wildman–Crippen LogP) is 1.80. The first kappa shape index (κ1) is 12.9. The number of halogens is 1. The molecule has 1 aliphatic heterocycles. The standard InChI is InChI=1S/C11H12ClN3O3/c1-2-18-10(16)8-5-13-11(12)15-9(8)14-7-3-4-17-6-7/h5H,2-4,6H2,1H3. The number of hydrogen-bond donors (Lipinski definition) is 0. The van der Waals surface area contributed by atoms with Crippen LogP contribution in [-0.4, -0.2) is 41.5 Å². The summed E-state index contributed by atoms with van der Waals surface area (Å²) in [4.78, 5) is 23.7. The van der Waals surface area contributed by atoms with Crippen LogP contribution in [0.5, 0.6) is 0 Å². The van der Waals surface area contributed by atoms with E-state index in [0.29, 0.717) is 13.2 Å². The molecule has 0 radical (unpaired) electrons. The van der Waals surface area contributed by atoms with Crippen molar-refractivity contribution in [2.45, 2.75) is 13.3 Å². The first-order valence-corrected chi connectivity index (χ1v) is 5.92. The Morgan fingerprint density at radius 2 is 2.50 bits per heavy atom. The average molecular weight is 270 g/mol. The molecule has 2 heterocycles. The van der Waals surface area contributed by atoms with Crippen LogP contribution in [0.3, 0.4) is 0 Å². The van der Waals surface area contributed by atoms with Crippen LogP contribution in [0, 0.1) is 0 Å². The number of hydrogen-bond acceptors (Lipinski definition) is 6. The summed E-state index contributed by atoms with van der Waals surface area (Å²) < 4.78 is 10.1. The maximum absolute atomic E-state index is 11.7. The molecule has 1 fully saturated rings. The Balaban J connectivity index is 2.34. The van der Waals surface area contributed by atoms with Gasteiger partial charge in [0.25, 0.3) is 0 Å². The molecular weight excluding hydrogens is 258 g/mol. The molecule has 0 amide bonds. The number of aliphatic imine (C=N–C) groups is 1. The second-order valence-electron chi connectivity index (χ2n) is 3.58. The zero-order valence-electron chi connectivity index (χ0n) is 9.85. The molecule has 1 aliphatic rings. The van der Waals surface area contributed by atoms with Crippen LogP contribution >= 0.6 is 11.6 Å². The summed E-state index contributed by atoms with van der Waals surface area (Å²) in [5, 5.41) is 0.0429. The van der Waals surface area contributed by atoms with E-state index >= 15 is 0 Å². The van der Waals surface area contributed by atoms with Crippen molar-refractivity contribution < 1.29 is 14.3 Å². The second-order valence-corrected chi connectivity index (χ2v) is 3.92. The van der Waals surface area contributed by atoms with Crippen molar-refractivity contribution in [3.8, 4) is 0 Å². The fourth-order valence-electron chi connectivity index (χ4n) is 1.48. The molecule has 0 atom stereocenters. The Morgan fingerprint density at radius 1 is 1.67 bits per heavy atom. The molecule has 96 valence electrons. The summed E-state index contributed by atoms with van der Waals surface area (Å²) in [6.45, 7) is 3.09. The average Bonchev–Trinajstić information content (AvgIpc) is 2.82. The maximum Gasteiger partial charge on any atom is 0.343 e. The van der Waals surface area contributed by atoms with Crippen molar-refractivity contribution in [1.29, 1.82) is 0 Å². The molecule has 0 saturated carbocycles. The smallest absolute Gasteiger partial charge is 0.343 e. The minimum Gasteiger partial charge on any atom is -0.462 e. The van der Waals surface area contributed by atoms with Gasteiger partial charge in [0.05, 0.1) is 19.8 Å². The van der Waals surface area contributed by atoms with E-state index in [1.165, 1.54) is 6.20 Å². The molecule has 0 spiro atoms. The van der Waals surface area contributed by atoms with Crippen LogP contribution in [-0.2, 0) is 9.47 Å². The molecule has 18 heavy (non-hydrogen) atoms. The number of carbonyl (C=O) groups is 1. The van der Waals surface area contributed by atoms with Gasteiger partial charge < -0.3 is 9.47 Å². The van der Waals surface area contributed by atoms with E-state index in [9.17, 15) is 4.79 Å². The summed E-state index contributed by atoms with van der Waals surface area (Å²) >= 11 is 5.71. The first-order chi connectivity index (χ1) is 8.70. The summed E-state index contributed by atoms with van der Waals surface area (Å²) in [7, 11) is 0. The van der Waals surface area contributed by atoms with E-state index in [1.54, 1.807) is 6.92 Å². The van der Waals surface area contributed by atoms with E-state index < -0.39 is 5.97 Å². The highest BCUT2D eigenvalue weighted by atomic mass is 35.5. The predicted molar refractivity (Wildman–Crippen MR) is 65.5 cm³/mol. The zero-order valence-corrected chi connectivity index (χ0v) is 10.6. The molecule has 1 aromatic heterocycles. The Bertz CT molecular complexity index is 482. The van der Waals surface area contributed by atoms with E-state index in [1.807, 2.05) is 0 Å². The van der Waals surface area contributed by atoms with Crippen LogP contribution in [0.4, 0.5) is 5.82 Å². The minimum absolute atomic E-state index is 0.0429. The maximum atomic E-state index is 11.7. The van der Waals surface area contributed by atoms with Gasteiger partial charge in [-0.05, 0) is 18.5 Å². The van der Waals surface area contributed by atoms with E-state index in [0.717, 1.165) is 12.1 Å². The third-order valence-corrected chi connectivity index (χ3v) is 2.48. The number of esters is 1. The summed E-state index contributed by atoms with van der Waals surface area (Å²) in [5.41, 5.74) is 1.04. The third-order valence-electron chi connectivity index (χ3n) is 2.30. The van der Waals surface area contributed by atoms with E-state index in [-0.39, 0.29) is 23.3 Å². The van der Waals surface area contributed by atoms with Crippen molar-refractivity contribution in [3.63, 3.8) is 0 Å². The van der Waals surface area contributed by atoms with Crippen LogP contribution in [0.2, 0.25) is 5.28 Å². The third kappa shape index (κ3) is 3.02. The molecule has 0 aromatic carbocycles. The van der Waals surface area contributed by atoms with Crippen molar-refractivity contribution in [3.05, 3.63) is 17.0 Å². The topological polar surface area (TPSA) is 73.7 Å². The second kappa shape index (κ2) is 5.88. The van der Waals surface area contributed by atoms with Gasteiger partial charge >= 0.3 is 5.97 Å². The normalized spacial score (nSPS) is 17.1. The zero-order chi connectivity index (χ0) is 13.0. The molecule has 1 aromatic rings. The molecule has 2 rings (SSSR count). The van der Waals surface area contributed by atoms with Crippen LogP contribution < -0.4 is 0 Å². The highest BCUT2D eigenvalue weighted by Crippen LogP contribution is 2.20.